The van der Waals surface area contributed by atoms with E-state index >= 15 is 0 Å². The molecule has 0 aromatic heterocycles. The number of ether oxygens (including phenoxy) is 1. The van der Waals surface area contributed by atoms with E-state index in [0.717, 1.165) is 39.0 Å². The Morgan fingerprint density at radius 3 is 2.84 bits per heavy atom. The van der Waals surface area contributed by atoms with E-state index in [2.05, 4.69) is 5.32 Å². The lowest BCUT2D eigenvalue weighted by atomic mass is 10.1. The molecule has 108 valence electrons. The van der Waals surface area contributed by atoms with Gasteiger partial charge >= 0.3 is 0 Å². The first kappa shape index (κ1) is 14.3. The van der Waals surface area contributed by atoms with Crippen molar-refractivity contribution in [1.82, 2.24) is 10.2 Å². The van der Waals surface area contributed by atoms with Crippen LogP contribution in [-0.2, 0) is 14.3 Å². The summed E-state index contributed by atoms with van der Waals surface area (Å²) in [6, 6.07) is -0.361. The van der Waals surface area contributed by atoms with Gasteiger partial charge < -0.3 is 15.0 Å². The Morgan fingerprint density at radius 1 is 1.42 bits per heavy atom. The van der Waals surface area contributed by atoms with E-state index in [4.69, 9.17) is 4.74 Å². The van der Waals surface area contributed by atoms with Gasteiger partial charge in [0.25, 0.3) is 0 Å². The van der Waals surface area contributed by atoms with E-state index in [1.165, 1.54) is 0 Å². The van der Waals surface area contributed by atoms with Crippen LogP contribution >= 0.6 is 0 Å². The lowest BCUT2D eigenvalue weighted by molar-refractivity contribution is -0.135. The minimum absolute atomic E-state index is 0.00975. The minimum Gasteiger partial charge on any atom is -0.381 e. The number of nitrogens with zero attached hydrogens (tertiary/aromatic N) is 1. The van der Waals surface area contributed by atoms with Crippen molar-refractivity contribution >= 4 is 11.8 Å². The van der Waals surface area contributed by atoms with Crippen LogP contribution in [0.2, 0.25) is 0 Å². The summed E-state index contributed by atoms with van der Waals surface area (Å²) in [4.78, 5) is 26.2. The average molecular weight is 268 g/mol. The summed E-state index contributed by atoms with van der Waals surface area (Å²) in [6.07, 6.45) is 3.02. The monoisotopic (exact) mass is 268 g/mol. The Labute approximate surface area is 114 Å². The number of hydrogen-bond donors (Lipinski definition) is 1. The van der Waals surface area contributed by atoms with E-state index in [9.17, 15) is 9.59 Å². The third-order valence-electron chi connectivity index (χ3n) is 3.99. The summed E-state index contributed by atoms with van der Waals surface area (Å²) in [5, 5.41) is 2.85. The third kappa shape index (κ3) is 3.47. The van der Waals surface area contributed by atoms with Crippen LogP contribution in [0.4, 0.5) is 0 Å². The van der Waals surface area contributed by atoms with Gasteiger partial charge in [-0.25, -0.2) is 0 Å². The fourth-order valence-electron chi connectivity index (χ4n) is 2.87. The maximum atomic E-state index is 12.5. The van der Waals surface area contributed by atoms with Crippen LogP contribution in [0.25, 0.3) is 0 Å². The van der Waals surface area contributed by atoms with Crippen molar-refractivity contribution in [2.75, 3.05) is 19.8 Å². The van der Waals surface area contributed by atoms with Gasteiger partial charge in [0.05, 0.1) is 6.61 Å². The molecule has 5 heteroatoms. The second-order valence-electron chi connectivity index (χ2n) is 5.68. The first-order valence-electron chi connectivity index (χ1n) is 7.29. The zero-order valence-corrected chi connectivity index (χ0v) is 11.9. The highest BCUT2D eigenvalue weighted by molar-refractivity contribution is 5.90. The Balaban J connectivity index is 2.07. The molecule has 0 spiro atoms. The number of nitrogens with one attached hydrogen (secondary N) is 1. The highest BCUT2D eigenvalue weighted by Gasteiger charge is 2.35. The molecule has 2 aliphatic heterocycles. The zero-order valence-electron chi connectivity index (χ0n) is 11.9. The van der Waals surface area contributed by atoms with Gasteiger partial charge in [-0.1, -0.05) is 13.3 Å². The maximum absolute atomic E-state index is 12.5. The van der Waals surface area contributed by atoms with E-state index in [0.29, 0.717) is 12.3 Å². The first-order valence-corrected chi connectivity index (χ1v) is 7.29. The summed E-state index contributed by atoms with van der Waals surface area (Å²) >= 11 is 0. The van der Waals surface area contributed by atoms with Crippen LogP contribution < -0.4 is 5.32 Å². The summed E-state index contributed by atoms with van der Waals surface area (Å²) < 4.78 is 5.38. The van der Waals surface area contributed by atoms with Gasteiger partial charge in [-0.2, -0.15) is 0 Å². The largest absolute Gasteiger partial charge is 0.381 e. The molecule has 0 bridgehead atoms. The van der Waals surface area contributed by atoms with Gasteiger partial charge in [0.1, 0.15) is 6.04 Å². The van der Waals surface area contributed by atoms with Gasteiger partial charge in [-0.15, -0.1) is 0 Å². The molecule has 2 rings (SSSR count). The van der Waals surface area contributed by atoms with E-state index in [-0.39, 0.29) is 23.9 Å². The van der Waals surface area contributed by atoms with Crippen molar-refractivity contribution in [3.05, 3.63) is 0 Å². The smallest absolute Gasteiger partial charge is 0.245 e. The first-order chi connectivity index (χ1) is 9.11. The van der Waals surface area contributed by atoms with E-state index in [1.807, 2.05) is 18.7 Å². The Hall–Kier alpha value is -1.10. The number of rotatable bonds is 4. The van der Waals surface area contributed by atoms with Crippen molar-refractivity contribution in [2.45, 2.75) is 51.6 Å². The third-order valence-corrected chi connectivity index (χ3v) is 3.99. The van der Waals surface area contributed by atoms with Crippen molar-refractivity contribution in [2.24, 2.45) is 5.92 Å². The molecular weight excluding hydrogens is 244 g/mol. The fourth-order valence-corrected chi connectivity index (χ4v) is 2.87. The van der Waals surface area contributed by atoms with Crippen LogP contribution in [0.5, 0.6) is 0 Å². The number of carbonyl (C=O) groups is 2. The molecule has 0 aromatic carbocycles. The standard InChI is InChI=1S/C14H24N2O3/c1-3-4-12-14(18)16(8-11-5-6-19-9-11)10(2)7-13(17)15-12/h10-12H,3-9H2,1-2H3,(H,15,17). The van der Waals surface area contributed by atoms with Crippen molar-refractivity contribution in [3.63, 3.8) is 0 Å². The highest BCUT2D eigenvalue weighted by atomic mass is 16.5. The summed E-state index contributed by atoms with van der Waals surface area (Å²) in [7, 11) is 0. The van der Waals surface area contributed by atoms with Crippen molar-refractivity contribution in [1.29, 1.82) is 0 Å². The molecule has 2 aliphatic rings. The molecule has 5 nitrogen and oxygen atoms in total. The number of carbonyl (C=O) groups excluding carboxylic acids is 2. The van der Waals surface area contributed by atoms with Gasteiger partial charge in [-0.05, 0) is 19.8 Å². The highest BCUT2D eigenvalue weighted by Crippen LogP contribution is 2.20. The summed E-state index contributed by atoms with van der Waals surface area (Å²) in [6.45, 7) is 6.23. The van der Waals surface area contributed by atoms with Crippen LogP contribution in [0.1, 0.15) is 39.5 Å². The topological polar surface area (TPSA) is 58.6 Å². The molecular formula is C14H24N2O3. The average Bonchev–Trinajstić information content (AvgIpc) is 2.84. The molecule has 19 heavy (non-hydrogen) atoms. The summed E-state index contributed by atoms with van der Waals surface area (Å²) in [5.74, 6) is 0.485. The molecule has 2 fully saturated rings. The second kappa shape index (κ2) is 6.37. The minimum atomic E-state index is -0.343. The molecule has 0 aliphatic carbocycles. The lowest BCUT2D eigenvalue weighted by Gasteiger charge is -2.30. The molecule has 2 amide bonds. The van der Waals surface area contributed by atoms with E-state index < -0.39 is 0 Å². The summed E-state index contributed by atoms with van der Waals surface area (Å²) in [5.41, 5.74) is 0. The van der Waals surface area contributed by atoms with Gasteiger partial charge in [0, 0.05) is 31.5 Å². The number of hydrogen-bond acceptors (Lipinski definition) is 3. The van der Waals surface area contributed by atoms with Crippen LogP contribution in [-0.4, -0.2) is 48.6 Å². The molecule has 0 aromatic rings. The molecule has 3 atom stereocenters. The lowest BCUT2D eigenvalue weighted by Crippen LogP contribution is -2.48. The fraction of sp³-hybridized carbons (Fsp3) is 0.857. The Bertz CT molecular complexity index is 340. The van der Waals surface area contributed by atoms with Gasteiger partial charge in [0.2, 0.25) is 11.8 Å². The van der Waals surface area contributed by atoms with E-state index in [1.54, 1.807) is 0 Å². The molecule has 0 radical (unpaired) electrons. The normalized spacial score (nSPS) is 32.3. The maximum Gasteiger partial charge on any atom is 0.245 e. The van der Waals surface area contributed by atoms with Crippen LogP contribution in [0.15, 0.2) is 0 Å². The molecule has 2 heterocycles. The molecule has 3 unspecified atom stereocenters. The van der Waals surface area contributed by atoms with Crippen LogP contribution in [0, 0.1) is 5.92 Å². The van der Waals surface area contributed by atoms with Gasteiger partial charge in [-0.3, -0.25) is 9.59 Å². The number of amides is 2. The molecule has 1 N–H and O–H groups in total. The Kier molecular flexibility index (Phi) is 4.80. The molecule has 0 saturated carbocycles. The predicted molar refractivity (Wildman–Crippen MR) is 71.6 cm³/mol. The Morgan fingerprint density at radius 2 is 2.21 bits per heavy atom. The predicted octanol–water partition coefficient (Wildman–Crippen LogP) is 0.929. The van der Waals surface area contributed by atoms with Crippen molar-refractivity contribution < 1.29 is 14.3 Å². The SMILES string of the molecule is CCCC1NC(=O)CC(C)N(CC2CCOC2)C1=O. The van der Waals surface area contributed by atoms with Crippen LogP contribution in [0.3, 0.4) is 0 Å². The second-order valence-corrected chi connectivity index (χ2v) is 5.68. The zero-order chi connectivity index (χ0) is 13.8. The van der Waals surface area contributed by atoms with Gasteiger partial charge in [0.15, 0.2) is 0 Å². The molecule has 2 saturated heterocycles. The quantitative estimate of drug-likeness (QED) is 0.825. The van der Waals surface area contributed by atoms with Crippen molar-refractivity contribution in [3.8, 4) is 0 Å².